The molecule has 1 atom stereocenters. The predicted octanol–water partition coefficient (Wildman–Crippen LogP) is 2.87. The molecular formula is C10H12F3NO. The Morgan fingerprint density at radius 1 is 1.33 bits per heavy atom. The zero-order chi connectivity index (χ0) is 11.5. The maximum absolute atomic E-state index is 11.9. The van der Waals surface area contributed by atoms with Crippen LogP contribution >= 0.6 is 0 Å². The SMILES string of the molecule is CN[C@H](C)c1cccc(OC(F)(F)F)c1. The lowest BCUT2D eigenvalue weighted by Crippen LogP contribution is -2.18. The van der Waals surface area contributed by atoms with Crippen LogP contribution in [0.3, 0.4) is 0 Å². The summed E-state index contributed by atoms with van der Waals surface area (Å²) in [6, 6.07) is 5.91. The quantitative estimate of drug-likeness (QED) is 0.844. The topological polar surface area (TPSA) is 21.3 Å². The van der Waals surface area contributed by atoms with Crippen molar-refractivity contribution in [3.63, 3.8) is 0 Å². The third kappa shape index (κ3) is 3.79. The molecule has 0 saturated carbocycles. The van der Waals surface area contributed by atoms with Crippen LogP contribution in [0.15, 0.2) is 24.3 Å². The fourth-order valence-electron chi connectivity index (χ4n) is 1.15. The van der Waals surface area contributed by atoms with Crippen LogP contribution < -0.4 is 10.1 Å². The zero-order valence-corrected chi connectivity index (χ0v) is 8.43. The Labute approximate surface area is 86.1 Å². The van der Waals surface area contributed by atoms with E-state index < -0.39 is 6.36 Å². The van der Waals surface area contributed by atoms with E-state index in [4.69, 9.17) is 0 Å². The lowest BCUT2D eigenvalue weighted by atomic mass is 10.1. The van der Waals surface area contributed by atoms with Gasteiger partial charge in [0.05, 0.1) is 0 Å². The highest BCUT2D eigenvalue weighted by molar-refractivity contribution is 5.30. The van der Waals surface area contributed by atoms with Crippen LogP contribution in [0, 0.1) is 0 Å². The second-order valence-corrected chi connectivity index (χ2v) is 3.13. The molecule has 1 N–H and O–H groups in total. The monoisotopic (exact) mass is 219 g/mol. The molecule has 0 aliphatic carbocycles. The van der Waals surface area contributed by atoms with E-state index in [1.807, 2.05) is 6.92 Å². The summed E-state index contributed by atoms with van der Waals surface area (Å²) in [6.07, 6.45) is -4.64. The molecular weight excluding hydrogens is 207 g/mol. The van der Waals surface area contributed by atoms with Crippen molar-refractivity contribution in [2.24, 2.45) is 0 Å². The predicted molar refractivity (Wildman–Crippen MR) is 50.6 cm³/mol. The molecule has 2 nitrogen and oxygen atoms in total. The molecule has 0 radical (unpaired) electrons. The van der Waals surface area contributed by atoms with Gasteiger partial charge in [-0.2, -0.15) is 0 Å². The van der Waals surface area contributed by atoms with E-state index in [9.17, 15) is 13.2 Å². The maximum atomic E-state index is 11.9. The highest BCUT2D eigenvalue weighted by atomic mass is 19.4. The molecule has 1 aromatic carbocycles. The van der Waals surface area contributed by atoms with Crippen molar-refractivity contribution in [3.8, 4) is 5.75 Å². The third-order valence-electron chi connectivity index (χ3n) is 2.02. The van der Waals surface area contributed by atoms with E-state index in [1.54, 1.807) is 13.1 Å². The fraction of sp³-hybridized carbons (Fsp3) is 0.400. The Bertz CT molecular complexity index is 325. The van der Waals surface area contributed by atoms with Crippen molar-refractivity contribution in [3.05, 3.63) is 29.8 Å². The highest BCUT2D eigenvalue weighted by Gasteiger charge is 2.31. The molecule has 0 aromatic heterocycles. The highest BCUT2D eigenvalue weighted by Crippen LogP contribution is 2.25. The lowest BCUT2D eigenvalue weighted by molar-refractivity contribution is -0.274. The number of hydrogen-bond donors (Lipinski definition) is 1. The number of benzene rings is 1. The van der Waals surface area contributed by atoms with Gasteiger partial charge >= 0.3 is 6.36 Å². The number of halogens is 3. The second kappa shape index (κ2) is 4.53. The van der Waals surface area contributed by atoms with Gasteiger partial charge in [-0.1, -0.05) is 12.1 Å². The summed E-state index contributed by atoms with van der Waals surface area (Å²) < 4.78 is 39.6. The van der Waals surface area contributed by atoms with E-state index in [-0.39, 0.29) is 11.8 Å². The van der Waals surface area contributed by atoms with E-state index in [2.05, 4.69) is 10.1 Å². The molecule has 1 aromatic rings. The average molecular weight is 219 g/mol. The normalized spacial score (nSPS) is 13.7. The van der Waals surface area contributed by atoms with Gasteiger partial charge in [-0.15, -0.1) is 13.2 Å². The molecule has 15 heavy (non-hydrogen) atoms. The summed E-state index contributed by atoms with van der Waals surface area (Å²) in [5.41, 5.74) is 0.749. The van der Waals surface area contributed by atoms with Gasteiger partial charge in [0.25, 0.3) is 0 Å². The van der Waals surface area contributed by atoms with Gasteiger partial charge in [-0.05, 0) is 31.7 Å². The van der Waals surface area contributed by atoms with Crippen LogP contribution in [-0.2, 0) is 0 Å². The molecule has 84 valence electrons. The lowest BCUT2D eigenvalue weighted by Gasteiger charge is -2.13. The number of nitrogens with one attached hydrogen (secondary N) is 1. The van der Waals surface area contributed by atoms with E-state index >= 15 is 0 Å². The molecule has 1 rings (SSSR count). The number of hydrogen-bond acceptors (Lipinski definition) is 2. The van der Waals surface area contributed by atoms with Gasteiger partial charge in [-0.25, -0.2) is 0 Å². The van der Waals surface area contributed by atoms with Gasteiger partial charge in [-0.3, -0.25) is 0 Å². The van der Waals surface area contributed by atoms with E-state index in [1.165, 1.54) is 18.2 Å². The van der Waals surface area contributed by atoms with E-state index in [0.29, 0.717) is 0 Å². The van der Waals surface area contributed by atoms with Crippen LogP contribution in [0.5, 0.6) is 5.75 Å². The van der Waals surface area contributed by atoms with Crippen molar-refractivity contribution >= 4 is 0 Å². The summed E-state index contributed by atoms with van der Waals surface area (Å²) in [6.45, 7) is 1.85. The molecule has 0 spiro atoms. The van der Waals surface area contributed by atoms with Gasteiger partial charge < -0.3 is 10.1 Å². The smallest absolute Gasteiger partial charge is 0.406 e. The fourth-order valence-corrected chi connectivity index (χ4v) is 1.15. The van der Waals surface area contributed by atoms with Crippen molar-refractivity contribution in [1.29, 1.82) is 0 Å². The molecule has 0 aliphatic heterocycles. The Kier molecular flexibility index (Phi) is 3.57. The Morgan fingerprint density at radius 3 is 2.53 bits per heavy atom. The van der Waals surface area contributed by atoms with Crippen LogP contribution in [0.1, 0.15) is 18.5 Å². The minimum atomic E-state index is -4.64. The molecule has 0 fully saturated rings. The number of rotatable bonds is 3. The summed E-state index contributed by atoms with van der Waals surface area (Å²) in [5, 5.41) is 2.93. The first kappa shape index (κ1) is 11.8. The van der Waals surface area contributed by atoms with Crippen LogP contribution in [0.4, 0.5) is 13.2 Å². The van der Waals surface area contributed by atoms with Crippen LogP contribution in [0.2, 0.25) is 0 Å². The van der Waals surface area contributed by atoms with Gasteiger partial charge in [0.2, 0.25) is 0 Å². The molecule has 0 saturated heterocycles. The summed E-state index contributed by atoms with van der Waals surface area (Å²) in [7, 11) is 1.74. The standard InChI is InChI=1S/C10H12F3NO/c1-7(14-2)8-4-3-5-9(6-8)15-10(11,12)13/h3-7,14H,1-2H3/t7-/m1/s1. The van der Waals surface area contributed by atoms with Crippen LogP contribution in [-0.4, -0.2) is 13.4 Å². The first-order valence-corrected chi connectivity index (χ1v) is 4.45. The minimum Gasteiger partial charge on any atom is -0.406 e. The largest absolute Gasteiger partial charge is 0.573 e. The molecule has 0 heterocycles. The van der Waals surface area contributed by atoms with Gasteiger partial charge in [0, 0.05) is 6.04 Å². The first-order chi connectivity index (χ1) is 6.92. The molecule has 5 heteroatoms. The van der Waals surface area contributed by atoms with Crippen molar-refractivity contribution in [1.82, 2.24) is 5.32 Å². The number of ether oxygens (including phenoxy) is 1. The van der Waals surface area contributed by atoms with Crippen LogP contribution in [0.25, 0.3) is 0 Å². The average Bonchev–Trinajstić information content (AvgIpc) is 2.14. The van der Waals surface area contributed by atoms with E-state index in [0.717, 1.165) is 5.56 Å². The molecule has 0 bridgehead atoms. The Morgan fingerprint density at radius 2 is 2.00 bits per heavy atom. The van der Waals surface area contributed by atoms with Crippen molar-refractivity contribution in [2.75, 3.05) is 7.05 Å². The zero-order valence-electron chi connectivity index (χ0n) is 8.43. The first-order valence-electron chi connectivity index (χ1n) is 4.45. The Balaban J connectivity index is 2.83. The summed E-state index contributed by atoms with van der Waals surface area (Å²) in [4.78, 5) is 0. The number of alkyl halides is 3. The van der Waals surface area contributed by atoms with Crippen molar-refractivity contribution in [2.45, 2.75) is 19.3 Å². The van der Waals surface area contributed by atoms with Gasteiger partial charge in [0.1, 0.15) is 5.75 Å². The van der Waals surface area contributed by atoms with Gasteiger partial charge in [0.15, 0.2) is 0 Å². The molecule has 0 unspecified atom stereocenters. The summed E-state index contributed by atoms with van der Waals surface area (Å²) >= 11 is 0. The summed E-state index contributed by atoms with van der Waals surface area (Å²) in [5.74, 6) is -0.192. The van der Waals surface area contributed by atoms with Crippen molar-refractivity contribution < 1.29 is 17.9 Å². The minimum absolute atomic E-state index is 0.0122. The third-order valence-corrected chi connectivity index (χ3v) is 2.02. The Hall–Kier alpha value is -1.23. The molecule has 0 amide bonds. The second-order valence-electron chi connectivity index (χ2n) is 3.13. The molecule has 0 aliphatic rings. The maximum Gasteiger partial charge on any atom is 0.573 e.